The van der Waals surface area contributed by atoms with Crippen molar-refractivity contribution >= 4 is 17.4 Å². The van der Waals surface area contributed by atoms with E-state index in [0.717, 1.165) is 11.1 Å². The zero-order valence-electron chi connectivity index (χ0n) is 19.4. The predicted octanol–water partition coefficient (Wildman–Crippen LogP) is 4.54. The lowest BCUT2D eigenvalue weighted by atomic mass is 9.99. The van der Waals surface area contributed by atoms with Gasteiger partial charge in [-0.1, -0.05) is 29.8 Å². The Balaban J connectivity index is 1.62. The zero-order chi connectivity index (χ0) is 24.2. The number of nitrogens with zero attached hydrogens (tertiary/aromatic N) is 1. The standard InChI is InChI=1S/C27H27NO6/c1-17-5-4-6-19(15-17)16-33-21-10-8-20(9-11-21)25(29)23-24(22-12-7-18(2)34-22)28(13-14-32-3)27(31)26(23)30/h4-12,15,24,29H,13-14,16H2,1-3H3/b25-23+/t24-/m0/s1. The minimum absolute atomic E-state index is 0.0103. The first kappa shape index (κ1) is 23.3. The number of amides is 1. The molecular weight excluding hydrogens is 434 g/mol. The van der Waals surface area contributed by atoms with Crippen molar-refractivity contribution in [3.05, 3.63) is 94.4 Å². The number of Topliss-reactive ketones (excluding diaryl/α,β-unsaturated/α-hetero) is 1. The number of aliphatic hydroxyl groups is 1. The molecule has 1 amide bonds. The molecule has 0 aliphatic carbocycles. The number of carbonyl (C=O) groups is 2. The van der Waals surface area contributed by atoms with Gasteiger partial charge in [0, 0.05) is 19.2 Å². The number of aliphatic hydroxyl groups excluding tert-OH is 1. The van der Waals surface area contributed by atoms with E-state index in [0.29, 0.717) is 29.4 Å². The molecule has 1 atom stereocenters. The molecule has 1 saturated heterocycles. The summed E-state index contributed by atoms with van der Waals surface area (Å²) in [6.07, 6.45) is 0. The molecule has 3 aromatic rings. The number of hydrogen-bond acceptors (Lipinski definition) is 6. The molecular formula is C27H27NO6. The number of likely N-dealkylation sites (tertiary alicyclic amines) is 1. The van der Waals surface area contributed by atoms with Gasteiger partial charge < -0.3 is 23.9 Å². The second-order valence-corrected chi connectivity index (χ2v) is 8.24. The van der Waals surface area contributed by atoms with E-state index in [1.54, 1.807) is 43.3 Å². The summed E-state index contributed by atoms with van der Waals surface area (Å²) in [7, 11) is 1.52. The van der Waals surface area contributed by atoms with Crippen molar-refractivity contribution < 1.29 is 28.6 Å². The molecule has 1 fully saturated rings. The lowest BCUT2D eigenvalue weighted by Gasteiger charge is -2.22. The third kappa shape index (κ3) is 4.75. The van der Waals surface area contributed by atoms with Crippen LogP contribution in [0.15, 0.2) is 70.7 Å². The molecule has 0 radical (unpaired) electrons. The van der Waals surface area contributed by atoms with Crippen LogP contribution in [-0.4, -0.2) is 42.0 Å². The van der Waals surface area contributed by atoms with Gasteiger partial charge in [-0.25, -0.2) is 0 Å². The highest BCUT2D eigenvalue weighted by molar-refractivity contribution is 6.46. The summed E-state index contributed by atoms with van der Waals surface area (Å²) in [6, 6.07) is 17.4. The zero-order valence-corrected chi connectivity index (χ0v) is 19.4. The molecule has 1 aliphatic heterocycles. The molecule has 7 nitrogen and oxygen atoms in total. The number of ether oxygens (including phenoxy) is 2. The second kappa shape index (κ2) is 9.97. The molecule has 2 heterocycles. The van der Waals surface area contributed by atoms with Crippen LogP contribution in [0.2, 0.25) is 0 Å². The molecule has 0 bridgehead atoms. The van der Waals surface area contributed by atoms with Crippen LogP contribution in [0, 0.1) is 13.8 Å². The van der Waals surface area contributed by atoms with E-state index in [1.807, 2.05) is 25.1 Å². The largest absolute Gasteiger partial charge is 0.507 e. The summed E-state index contributed by atoms with van der Waals surface area (Å²) in [6.45, 7) is 4.65. The summed E-state index contributed by atoms with van der Waals surface area (Å²) in [4.78, 5) is 27.1. The third-order valence-electron chi connectivity index (χ3n) is 5.72. The van der Waals surface area contributed by atoms with E-state index in [2.05, 4.69) is 6.07 Å². The fourth-order valence-corrected chi connectivity index (χ4v) is 4.03. The first-order chi connectivity index (χ1) is 16.4. The summed E-state index contributed by atoms with van der Waals surface area (Å²) in [5.41, 5.74) is 2.60. The van der Waals surface area contributed by atoms with E-state index in [9.17, 15) is 14.7 Å². The number of methoxy groups -OCH3 is 1. The van der Waals surface area contributed by atoms with Crippen LogP contribution in [0.3, 0.4) is 0 Å². The second-order valence-electron chi connectivity index (χ2n) is 8.24. The Morgan fingerprint density at radius 1 is 1.06 bits per heavy atom. The monoisotopic (exact) mass is 461 g/mol. The molecule has 176 valence electrons. The van der Waals surface area contributed by atoms with Crippen molar-refractivity contribution in [1.29, 1.82) is 0 Å². The number of hydrogen-bond donors (Lipinski definition) is 1. The molecule has 34 heavy (non-hydrogen) atoms. The van der Waals surface area contributed by atoms with Crippen molar-refractivity contribution in [3.8, 4) is 5.75 Å². The minimum atomic E-state index is -0.832. The lowest BCUT2D eigenvalue weighted by molar-refractivity contribution is -0.140. The predicted molar refractivity (Wildman–Crippen MR) is 126 cm³/mol. The molecule has 4 rings (SSSR count). The number of ketones is 1. The number of carbonyl (C=O) groups excluding carboxylic acids is 2. The van der Waals surface area contributed by atoms with Crippen LogP contribution in [-0.2, 0) is 20.9 Å². The van der Waals surface area contributed by atoms with Crippen LogP contribution in [0.25, 0.3) is 5.76 Å². The van der Waals surface area contributed by atoms with Crippen LogP contribution >= 0.6 is 0 Å². The fraction of sp³-hybridized carbons (Fsp3) is 0.259. The smallest absolute Gasteiger partial charge is 0.295 e. The van der Waals surface area contributed by atoms with Gasteiger partial charge >= 0.3 is 0 Å². The molecule has 0 spiro atoms. The Bertz CT molecular complexity index is 1220. The van der Waals surface area contributed by atoms with Gasteiger partial charge in [0.15, 0.2) is 0 Å². The summed E-state index contributed by atoms with van der Waals surface area (Å²) < 4.78 is 16.7. The fourth-order valence-electron chi connectivity index (χ4n) is 4.03. The van der Waals surface area contributed by atoms with Gasteiger partial charge in [0.2, 0.25) is 0 Å². The lowest BCUT2D eigenvalue weighted by Crippen LogP contribution is -2.32. The van der Waals surface area contributed by atoms with Gasteiger partial charge in [0.25, 0.3) is 11.7 Å². The SMILES string of the molecule is COCCN1C(=O)C(=O)/C(=C(/O)c2ccc(OCc3cccc(C)c3)cc2)[C@@H]1c1ccc(C)o1. The average molecular weight is 462 g/mol. The molecule has 1 aliphatic rings. The minimum Gasteiger partial charge on any atom is -0.507 e. The van der Waals surface area contributed by atoms with Gasteiger partial charge in [0.1, 0.15) is 35.7 Å². The highest BCUT2D eigenvalue weighted by atomic mass is 16.5. The van der Waals surface area contributed by atoms with Crippen LogP contribution < -0.4 is 4.74 Å². The van der Waals surface area contributed by atoms with Crippen molar-refractivity contribution in [2.24, 2.45) is 0 Å². The quantitative estimate of drug-likeness (QED) is 0.301. The Morgan fingerprint density at radius 2 is 1.82 bits per heavy atom. The molecule has 2 aromatic carbocycles. The first-order valence-electron chi connectivity index (χ1n) is 11.0. The van der Waals surface area contributed by atoms with E-state index in [-0.39, 0.29) is 24.5 Å². The number of aryl methyl sites for hydroxylation is 2. The van der Waals surface area contributed by atoms with Crippen LogP contribution in [0.5, 0.6) is 5.75 Å². The molecule has 0 saturated carbocycles. The normalized spacial score (nSPS) is 17.4. The van der Waals surface area contributed by atoms with Crippen molar-refractivity contribution in [2.45, 2.75) is 26.5 Å². The van der Waals surface area contributed by atoms with Gasteiger partial charge in [0.05, 0.1) is 12.2 Å². The van der Waals surface area contributed by atoms with E-state index < -0.39 is 17.7 Å². The Kier molecular flexibility index (Phi) is 6.84. The molecule has 7 heteroatoms. The Hall–Kier alpha value is -3.84. The third-order valence-corrected chi connectivity index (χ3v) is 5.72. The Labute approximate surface area is 198 Å². The Morgan fingerprint density at radius 3 is 2.47 bits per heavy atom. The van der Waals surface area contributed by atoms with Gasteiger partial charge in [-0.2, -0.15) is 0 Å². The molecule has 1 aromatic heterocycles. The highest BCUT2D eigenvalue weighted by Crippen LogP contribution is 2.40. The number of furan rings is 1. The topological polar surface area (TPSA) is 89.2 Å². The number of rotatable bonds is 8. The molecule has 0 unspecified atom stereocenters. The van der Waals surface area contributed by atoms with Gasteiger partial charge in [-0.15, -0.1) is 0 Å². The summed E-state index contributed by atoms with van der Waals surface area (Å²) in [5.74, 6) is -0.0440. The maximum Gasteiger partial charge on any atom is 0.295 e. The van der Waals surface area contributed by atoms with Crippen LogP contribution in [0.4, 0.5) is 0 Å². The van der Waals surface area contributed by atoms with Crippen molar-refractivity contribution in [3.63, 3.8) is 0 Å². The van der Waals surface area contributed by atoms with E-state index in [1.165, 1.54) is 12.0 Å². The maximum atomic E-state index is 12.9. The van der Waals surface area contributed by atoms with Crippen molar-refractivity contribution in [1.82, 2.24) is 4.90 Å². The van der Waals surface area contributed by atoms with E-state index >= 15 is 0 Å². The highest BCUT2D eigenvalue weighted by Gasteiger charge is 2.47. The maximum absolute atomic E-state index is 12.9. The number of benzene rings is 2. The van der Waals surface area contributed by atoms with Gasteiger partial charge in [-0.05, 0) is 55.8 Å². The first-order valence-corrected chi connectivity index (χ1v) is 11.0. The van der Waals surface area contributed by atoms with Crippen LogP contribution in [0.1, 0.15) is 34.3 Å². The van der Waals surface area contributed by atoms with Gasteiger partial charge in [-0.3, -0.25) is 9.59 Å². The summed E-state index contributed by atoms with van der Waals surface area (Å²) in [5, 5.41) is 11.1. The molecule has 1 N–H and O–H groups in total. The average Bonchev–Trinajstić information content (AvgIpc) is 3.37. The summed E-state index contributed by atoms with van der Waals surface area (Å²) >= 11 is 0. The van der Waals surface area contributed by atoms with Crippen molar-refractivity contribution in [2.75, 3.05) is 20.3 Å². The van der Waals surface area contributed by atoms with E-state index in [4.69, 9.17) is 13.9 Å².